The van der Waals surface area contributed by atoms with Gasteiger partial charge in [-0.05, 0) is 50.2 Å². The van der Waals surface area contributed by atoms with Gasteiger partial charge in [0.1, 0.15) is 0 Å². The number of nitrogen functional groups attached to an aromatic ring is 2. The standard InChI is InChI=1S/2C9H8N3O3S.Ca/c2*1-6(13)8-4-7(11)2-3-9(8)16(14,15)12-5-10;/h2*2-4H,11H2,1H3;/q2*-1;+2. The first-order chi connectivity index (χ1) is 14.8. The fraction of sp³-hybridized carbons (Fsp3) is 0.111. The molecule has 15 heteroatoms. The molecule has 12 nitrogen and oxygen atoms in total. The number of sulfonamides is 2. The molecule has 0 fully saturated rings. The normalized spacial score (nSPS) is 10.2. The number of carbonyl (C=O) groups is 2. The van der Waals surface area contributed by atoms with E-state index in [-0.39, 0.29) is 70.0 Å². The van der Waals surface area contributed by atoms with Crippen LogP contribution in [0.4, 0.5) is 11.4 Å². The molecule has 0 saturated carbocycles. The van der Waals surface area contributed by atoms with E-state index in [1.54, 1.807) is 0 Å². The Balaban J connectivity index is 0.000000602. The molecule has 4 N–H and O–H groups in total. The van der Waals surface area contributed by atoms with Crippen LogP contribution < -0.4 is 11.5 Å². The van der Waals surface area contributed by atoms with E-state index in [9.17, 15) is 26.4 Å². The number of nitrogens with two attached hydrogens (primary N) is 2. The van der Waals surface area contributed by atoms with Gasteiger partial charge in [0.05, 0.1) is 9.79 Å². The molecule has 0 atom stereocenters. The third-order valence-corrected chi connectivity index (χ3v) is 6.11. The molecule has 168 valence electrons. The van der Waals surface area contributed by atoms with Crippen molar-refractivity contribution in [3.8, 4) is 0 Å². The van der Waals surface area contributed by atoms with Crippen LogP contribution in [0, 0.1) is 0 Å². The number of anilines is 2. The predicted molar refractivity (Wildman–Crippen MR) is 123 cm³/mol. The minimum Gasteiger partial charge on any atom is -0.422 e. The molecule has 0 aliphatic heterocycles. The molecule has 0 spiro atoms. The zero-order valence-electron chi connectivity index (χ0n) is 17.4. The van der Waals surface area contributed by atoms with Crippen molar-refractivity contribution in [3.05, 3.63) is 58.3 Å². The van der Waals surface area contributed by atoms with Crippen LogP contribution >= 0.6 is 0 Å². The van der Waals surface area contributed by atoms with E-state index < -0.39 is 31.6 Å². The van der Waals surface area contributed by atoms with Crippen molar-refractivity contribution in [1.82, 2.24) is 0 Å². The van der Waals surface area contributed by atoms with Gasteiger partial charge in [-0.2, -0.15) is 0 Å². The zero-order chi connectivity index (χ0) is 24.7. The van der Waals surface area contributed by atoms with E-state index in [1.165, 1.54) is 50.1 Å². The summed E-state index contributed by atoms with van der Waals surface area (Å²) >= 11 is 0. The number of Topliss-reactive ketones (excluding diaryl/α,β-unsaturated/α-hetero) is 2. The first kappa shape index (κ1) is 30.3. The zero-order valence-corrected chi connectivity index (χ0v) is 21.2. The third-order valence-electron chi connectivity index (χ3n) is 3.64. The topological polar surface area (TPSA) is 224 Å². The molecule has 0 heterocycles. The number of rotatable bonds is 6. The largest absolute Gasteiger partial charge is 2.00 e. The van der Waals surface area contributed by atoms with Crippen molar-refractivity contribution in [2.45, 2.75) is 23.6 Å². The number of nitrogens with zero attached hydrogens (tertiary/aromatic N) is 4. The molecular formula is C18H16CaN6O6S2. The Hall–Kier alpha value is -2.70. The summed E-state index contributed by atoms with van der Waals surface area (Å²) in [6.07, 6.45) is 0. The molecule has 0 saturated heterocycles. The van der Waals surface area contributed by atoms with Gasteiger partial charge < -0.3 is 31.1 Å². The van der Waals surface area contributed by atoms with Gasteiger partial charge in [-0.1, -0.05) is 0 Å². The Kier molecular flexibility index (Phi) is 11.5. The summed E-state index contributed by atoms with van der Waals surface area (Å²) in [5.41, 5.74) is 11.3. The minimum absolute atomic E-state index is 0. The predicted octanol–water partition coefficient (Wildman–Crippen LogP) is 1.43. The van der Waals surface area contributed by atoms with Crippen LogP contribution in [0.25, 0.3) is 10.8 Å². The van der Waals surface area contributed by atoms with Crippen LogP contribution in [0.5, 0.6) is 0 Å². The van der Waals surface area contributed by atoms with E-state index in [1.807, 2.05) is 0 Å². The molecule has 0 radical (unpaired) electrons. The SMILES string of the molecule is CC(=O)c1cc(N)ccc1S(=O)(=O)N=C=[N-].CC(=O)c1cc(N)ccc1S(=O)(=O)N=C=[N-].[Ca+2]. The summed E-state index contributed by atoms with van der Waals surface area (Å²) in [5.74, 6) is -0.918. The fourth-order valence-corrected chi connectivity index (χ4v) is 4.15. The van der Waals surface area contributed by atoms with Gasteiger partial charge >= 0.3 is 37.7 Å². The van der Waals surface area contributed by atoms with Crippen molar-refractivity contribution < 1.29 is 26.4 Å². The monoisotopic (exact) mass is 516 g/mol. The number of benzene rings is 2. The molecule has 0 amide bonds. The summed E-state index contributed by atoms with van der Waals surface area (Å²) < 4.78 is 51.5. The molecule has 0 aromatic heterocycles. The second-order valence-corrected chi connectivity index (χ2v) is 9.10. The Morgan fingerprint density at radius 2 is 1.06 bits per heavy atom. The average Bonchev–Trinajstić information content (AvgIpc) is 2.67. The summed E-state index contributed by atoms with van der Waals surface area (Å²) in [6, 6.07) is 9.80. The van der Waals surface area contributed by atoms with Crippen molar-refractivity contribution in [1.29, 1.82) is 0 Å². The summed E-state index contributed by atoms with van der Waals surface area (Å²) in [5, 5.41) is 16.5. The Bertz CT molecular complexity index is 1290. The van der Waals surface area contributed by atoms with Crippen LogP contribution in [-0.2, 0) is 20.0 Å². The summed E-state index contributed by atoms with van der Waals surface area (Å²) in [7, 11) is -8.23. The third kappa shape index (κ3) is 8.30. The van der Waals surface area contributed by atoms with E-state index in [4.69, 9.17) is 22.3 Å². The van der Waals surface area contributed by atoms with Crippen LogP contribution in [-0.4, -0.2) is 78.2 Å². The first-order valence-electron chi connectivity index (χ1n) is 8.30. The van der Waals surface area contributed by atoms with Crippen molar-refractivity contribution in [2.24, 2.45) is 8.80 Å². The van der Waals surface area contributed by atoms with Gasteiger partial charge in [0.25, 0.3) is 0 Å². The molecule has 2 rings (SSSR count). The van der Waals surface area contributed by atoms with Gasteiger partial charge in [-0.25, -0.2) is 16.8 Å². The van der Waals surface area contributed by atoms with E-state index in [0.717, 1.165) is 12.1 Å². The number of hydrogen-bond acceptors (Lipinski definition) is 8. The molecular weight excluding hydrogens is 500 g/mol. The van der Waals surface area contributed by atoms with Crippen LogP contribution in [0.2, 0.25) is 0 Å². The minimum atomic E-state index is -4.12. The smallest absolute Gasteiger partial charge is 0.422 e. The Labute approximate surface area is 219 Å². The van der Waals surface area contributed by atoms with Gasteiger partial charge in [0.2, 0.25) is 20.0 Å². The number of carbonyl (C=O) groups excluding carboxylic acids is 2. The maximum absolute atomic E-state index is 11.5. The van der Waals surface area contributed by atoms with Crippen molar-refractivity contribution in [3.63, 3.8) is 0 Å². The molecule has 0 bridgehead atoms. The second-order valence-electron chi connectivity index (χ2n) is 5.96. The van der Waals surface area contributed by atoms with Crippen LogP contribution in [0.3, 0.4) is 0 Å². The average molecular weight is 517 g/mol. The summed E-state index contributed by atoms with van der Waals surface area (Å²) in [4.78, 5) is 21.8. The van der Waals surface area contributed by atoms with Gasteiger partial charge in [-0.15, -0.1) is 12.0 Å². The molecule has 0 aliphatic carbocycles. The first-order valence-corrected chi connectivity index (χ1v) is 11.2. The van der Waals surface area contributed by atoms with Crippen LogP contribution in [0.1, 0.15) is 34.6 Å². The van der Waals surface area contributed by atoms with E-state index >= 15 is 0 Å². The Morgan fingerprint density at radius 3 is 1.30 bits per heavy atom. The van der Waals surface area contributed by atoms with Crippen molar-refractivity contribution >= 4 is 92.7 Å². The maximum atomic E-state index is 11.5. The fourth-order valence-electron chi connectivity index (χ4n) is 2.30. The van der Waals surface area contributed by atoms with Crippen LogP contribution in [0.15, 0.2) is 55.0 Å². The molecule has 33 heavy (non-hydrogen) atoms. The Morgan fingerprint density at radius 1 is 0.758 bits per heavy atom. The molecule has 2 aromatic rings. The molecule has 0 unspecified atom stereocenters. The van der Waals surface area contributed by atoms with Gasteiger partial charge in [0.15, 0.2) is 11.6 Å². The quantitative estimate of drug-likeness (QED) is 0.246. The van der Waals surface area contributed by atoms with Gasteiger partial charge in [0, 0.05) is 22.5 Å². The van der Waals surface area contributed by atoms with E-state index in [2.05, 4.69) is 8.80 Å². The van der Waals surface area contributed by atoms with Crippen molar-refractivity contribution in [2.75, 3.05) is 11.5 Å². The maximum Gasteiger partial charge on any atom is 2.00 e. The summed E-state index contributed by atoms with van der Waals surface area (Å²) in [6.45, 7) is 2.42. The molecule has 0 aliphatic rings. The van der Waals surface area contributed by atoms with Gasteiger partial charge in [-0.3, -0.25) is 9.59 Å². The number of ketones is 2. The second kappa shape index (κ2) is 12.5. The number of hydrogen-bond donors (Lipinski definition) is 2. The molecule has 2 aromatic carbocycles. The van der Waals surface area contributed by atoms with E-state index in [0.29, 0.717) is 0 Å².